The second kappa shape index (κ2) is 5.97. The zero-order chi connectivity index (χ0) is 13.9. The fourth-order valence-corrected chi connectivity index (χ4v) is 3.28. The van der Waals surface area contributed by atoms with E-state index in [2.05, 4.69) is 31.1 Å². The third kappa shape index (κ3) is 3.04. The van der Waals surface area contributed by atoms with Gasteiger partial charge in [0.05, 0.1) is 0 Å². The van der Waals surface area contributed by atoms with E-state index in [9.17, 15) is 4.79 Å². The van der Waals surface area contributed by atoms with Gasteiger partial charge in [-0.1, -0.05) is 0 Å². The van der Waals surface area contributed by atoms with Crippen LogP contribution in [0.3, 0.4) is 0 Å². The summed E-state index contributed by atoms with van der Waals surface area (Å²) in [4.78, 5) is 18.6. The zero-order valence-corrected chi connectivity index (χ0v) is 13.1. The molecule has 7 heteroatoms. The lowest BCUT2D eigenvalue weighted by molar-refractivity contribution is 0.0901. The number of piperidine rings is 1. The molecule has 1 aliphatic heterocycles. The highest BCUT2D eigenvalue weighted by molar-refractivity contribution is 9.10. The van der Waals surface area contributed by atoms with Crippen LogP contribution >= 0.6 is 27.3 Å². The van der Waals surface area contributed by atoms with E-state index in [1.807, 2.05) is 11.6 Å². The lowest BCUT2D eigenvalue weighted by Gasteiger charge is -2.31. The predicted octanol–water partition coefficient (Wildman–Crippen LogP) is 2.90. The SMILES string of the molecule is O=C(NC1CCN(c2nccs2)CC1)c1ccc(Br)o1. The number of amides is 1. The number of halogens is 1. The number of hydrogen-bond donors (Lipinski definition) is 1. The molecule has 1 N–H and O–H groups in total. The molecular formula is C13H14BrN3O2S. The predicted molar refractivity (Wildman–Crippen MR) is 81.2 cm³/mol. The van der Waals surface area contributed by atoms with Gasteiger partial charge in [-0.05, 0) is 40.9 Å². The number of nitrogens with one attached hydrogen (secondary N) is 1. The minimum atomic E-state index is -0.150. The van der Waals surface area contributed by atoms with Crippen LogP contribution in [0.2, 0.25) is 0 Å². The molecule has 0 radical (unpaired) electrons. The molecule has 20 heavy (non-hydrogen) atoms. The molecule has 1 fully saturated rings. The Hall–Kier alpha value is -1.34. The Balaban J connectivity index is 1.52. The average Bonchev–Trinajstić information content (AvgIpc) is 3.10. The van der Waals surface area contributed by atoms with Gasteiger partial charge >= 0.3 is 0 Å². The minimum absolute atomic E-state index is 0.150. The molecule has 3 rings (SSSR count). The van der Waals surface area contributed by atoms with Crippen LogP contribution in [-0.2, 0) is 0 Å². The molecular weight excluding hydrogens is 342 g/mol. The summed E-state index contributed by atoms with van der Waals surface area (Å²) in [5, 5.41) is 6.06. The fourth-order valence-electron chi connectivity index (χ4n) is 2.28. The van der Waals surface area contributed by atoms with Crippen molar-refractivity contribution in [3.8, 4) is 0 Å². The highest BCUT2D eigenvalue weighted by Gasteiger charge is 2.23. The number of thiazole rings is 1. The van der Waals surface area contributed by atoms with Crippen molar-refractivity contribution >= 4 is 38.3 Å². The molecule has 0 saturated carbocycles. The molecule has 0 bridgehead atoms. The monoisotopic (exact) mass is 355 g/mol. The maximum Gasteiger partial charge on any atom is 0.287 e. The first kappa shape index (κ1) is 13.6. The standard InChI is InChI=1S/C13H14BrN3O2S/c14-11-2-1-10(19-11)12(18)16-9-3-6-17(7-4-9)13-15-5-8-20-13/h1-2,5,8-9H,3-4,6-7H2,(H,16,18). The summed E-state index contributed by atoms with van der Waals surface area (Å²) in [5.41, 5.74) is 0. The Bertz CT molecular complexity index is 576. The van der Waals surface area contributed by atoms with Gasteiger partial charge in [-0.2, -0.15) is 0 Å². The van der Waals surface area contributed by atoms with E-state index in [1.165, 1.54) is 0 Å². The van der Waals surface area contributed by atoms with Gasteiger partial charge in [0.1, 0.15) is 0 Å². The maximum absolute atomic E-state index is 12.0. The van der Waals surface area contributed by atoms with E-state index in [4.69, 9.17) is 4.42 Å². The van der Waals surface area contributed by atoms with E-state index < -0.39 is 0 Å². The third-order valence-corrected chi connectivity index (χ3v) is 4.58. The molecule has 1 amide bonds. The number of rotatable bonds is 3. The first-order chi connectivity index (χ1) is 9.72. The van der Waals surface area contributed by atoms with Crippen molar-refractivity contribution < 1.29 is 9.21 Å². The summed E-state index contributed by atoms with van der Waals surface area (Å²) in [5.74, 6) is 0.197. The summed E-state index contributed by atoms with van der Waals surface area (Å²) in [6, 6.07) is 3.59. The average molecular weight is 356 g/mol. The number of carbonyl (C=O) groups is 1. The summed E-state index contributed by atoms with van der Waals surface area (Å²) >= 11 is 4.85. The van der Waals surface area contributed by atoms with Crippen LogP contribution in [0.5, 0.6) is 0 Å². The molecule has 0 spiro atoms. The lowest BCUT2D eigenvalue weighted by atomic mass is 10.1. The second-order valence-corrected chi connectivity index (χ2v) is 6.31. The van der Waals surface area contributed by atoms with Crippen LogP contribution in [-0.4, -0.2) is 30.0 Å². The Morgan fingerprint density at radius 2 is 2.25 bits per heavy atom. The van der Waals surface area contributed by atoms with Gasteiger partial charge in [0, 0.05) is 30.7 Å². The molecule has 0 atom stereocenters. The number of nitrogens with zero attached hydrogens (tertiary/aromatic N) is 2. The minimum Gasteiger partial charge on any atom is -0.444 e. The largest absolute Gasteiger partial charge is 0.444 e. The number of aromatic nitrogens is 1. The Morgan fingerprint density at radius 3 is 2.85 bits per heavy atom. The molecule has 2 aromatic heterocycles. The van der Waals surface area contributed by atoms with Crippen LogP contribution in [0.15, 0.2) is 32.8 Å². The maximum atomic E-state index is 12.0. The molecule has 0 unspecified atom stereocenters. The van der Waals surface area contributed by atoms with Crippen LogP contribution < -0.4 is 10.2 Å². The topological polar surface area (TPSA) is 58.4 Å². The third-order valence-electron chi connectivity index (χ3n) is 3.32. The smallest absolute Gasteiger partial charge is 0.287 e. The summed E-state index contributed by atoms with van der Waals surface area (Å²) in [6.07, 6.45) is 3.67. The van der Waals surface area contributed by atoms with E-state index in [-0.39, 0.29) is 11.9 Å². The van der Waals surface area contributed by atoms with Crippen molar-refractivity contribution in [3.63, 3.8) is 0 Å². The number of hydrogen-bond acceptors (Lipinski definition) is 5. The summed E-state index contributed by atoms with van der Waals surface area (Å²) in [6.45, 7) is 1.83. The molecule has 0 aliphatic carbocycles. The van der Waals surface area contributed by atoms with E-state index in [1.54, 1.807) is 23.5 Å². The molecule has 3 heterocycles. The molecule has 5 nitrogen and oxygen atoms in total. The quantitative estimate of drug-likeness (QED) is 0.919. The Labute approximate surface area is 129 Å². The van der Waals surface area contributed by atoms with E-state index >= 15 is 0 Å². The molecule has 0 aromatic carbocycles. The number of carbonyl (C=O) groups excluding carboxylic acids is 1. The van der Waals surface area contributed by atoms with Crippen LogP contribution in [0.1, 0.15) is 23.4 Å². The van der Waals surface area contributed by atoms with Crippen LogP contribution in [0.25, 0.3) is 0 Å². The Kier molecular flexibility index (Phi) is 4.07. The second-order valence-electron chi connectivity index (χ2n) is 4.65. The van der Waals surface area contributed by atoms with Gasteiger partial charge < -0.3 is 14.6 Å². The number of furan rings is 1. The van der Waals surface area contributed by atoms with Gasteiger partial charge in [0.25, 0.3) is 5.91 Å². The molecule has 1 aliphatic rings. The van der Waals surface area contributed by atoms with Crippen molar-refractivity contribution in [1.82, 2.24) is 10.3 Å². The van der Waals surface area contributed by atoms with Gasteiger partial charge in [0.15, 0.2) is 15.6 Å². The molecule has 2 aromatic rings. The van der Waals surface area contributed by atoms with Crippen molar-refractivity contribution in [2.45, 2.75) is 18.9 Å². The van der Waals surface area contributed by atoms with Crippen molar-refractivity contribution in [3.05, 3.63) is 34.1 Å². The molecule has 106 valence electrons. The van der Waals surface area contributed by atoms with Gasteiger partial charge in [-0.15, -0.1) is 11.3 Å². The summed E-state index contributed by atoms with van der Waals surface area (Å²) < 4.78 is 5.82. The lowest BCUT2D eigenvalue weighted by Crippen LogP contribution is -2.44. The van der Waals surface area contributed by atoms with Crippen molar-refractivity contribution in [1.29, 1.82) is 0 Å². The molecule has 1 saturated heterocycles. The highest BCUT2D eigenvalue weighted by Crippen LogP contribution is 2.22. The van der Waals surface area contributed by atoms with Gasteiger partial charge in [-0.25, -0.2) is 4.98 Å². The number of anilines is 1. The van der Waals surface area contributed by atoms with Gasteiger partial charge in [-0.3, -0.25) is 4.79 Å². The first-order valence-electron chi connectivity index (χ1n) is 6.43. The summed E-state index contributed by atoms with van der Waals surface area (Å²) in [7, 11) is 0. The normalized spacial score (nSPS) is 16.4. The zero-order valence-electron chi connectivity index (χ0n) is 10.7. The van der Waals surface area contributed by atoms with Gasteiger partial charge in [0.2, 0.25) is 0 Å². The highest BCUT2D eigenvalue weighted by atomic mass is 79.9. The van der Waals surface area contributed by atoms with Crippen LogP contribution in [0, 0.1) is 0 Å². The van der Waals surface area contributed by atoms with Crippen molar-refractivity contribution in [2.75, 3.05) is 18.0 Å². The van der Waals surface area contributed by atoms with E-state index in [0.717, 1.165) is 31.1 Å². The van der Waals surface area contributed by atoms with Crippen molar-refractivity contribution in [2.24, 2.45) is 0 Å². The van der Waals surface area contributed by atoms with E-state index in [0.29, 0.717) is 10.4 Å². The van der Waals surface area contributed by atoms with Crippen LogP contribution in [0.4, 0.5) is 5.13 Å². The fraction of sp³-hybridized carbons (Fsp3) is 0.385. The Morgan fingerprint density at radius 1 is 1.45 bits per heavy atom. The first-order valence-corrected chi connectivity index (χ1v) is 8.10.